The van der Waals surface area contributed by atoms with Crippen molar-refractivity contribution in [3.05, 3.63) is 66.4 Å². The fourth-order valence-electron chi connectivity index (χ4n) is 2.77. The Morgan fingerprint density at radius 1 is 1.08 bits per heavy atom. The van der Waals surface area contributed by atoms with Gasteiger partial charge in [-0.15, -0.1) is 0 Å². The molecule has 1 aromatic heterocycles. The molecule has 5 nitrogen and oxygen atoms in total. The summed E-state index contributed by atoms with van der Waals surface area (Å²) in [6.45, 7) is 5.97. The SMILES string of the molecule is CC(C)n1cc(/C=N\NC(=O)[C@@H](C)Oc2ccccc2)c2ccccc21. The highest BCUT2D eigenvalue weighted by Crippen LogP contribution is 2.23. The van der Waals surface area contributed by atoms with E-state index in [2.05, 4.69) is 47.3 Å². The summed E-state index contributed by atoms with van der Waals surface area (Å²) in [6.07, 6.45) is 3.09. The number of amides is 1. The first-order valence-electron chi connectivity index (χ1n) is 8.70. The lowest BCUT2D eigenvalue weighted by atomic mass is 10.2. The molecule has 0 aliphatic heterocycles. The number of nitrogens with one attached hydrogen (secondary N) is 1. The summed E-state index contributed by atoms with van der Waals surface area (Å²) >= 11 is 0. The van der Waals surface area contributed by atoms with Crippen LogP contribution in [0.3, 0.4) is 0 Å². The van der Waals surface area contributed by atoms with Crippen LogP contribution in [-0.2, 0) is 4.79 Å². The van der Waals surface area contributed by atoms with E-state index in [0.29, 0.717) is 11.8 Å². The van der Waals surface area contributed by atoms with Gasteiger partial charge >= 0.3 is 0 Å². The molecule has 0 fully saturated rings. The molecule has 0 bridgehead atoms. The molecule has 5 heteroatoms. The van der Waals surface area contributed by atoms with Crippen LogP contribution >= 0.6 is 0 Å². The van der Waals surface area contributed by atoms with Crippen molar-refractivity contribution >= 4 is 23.0 Å². The highest BCUT2D eigenvalue weighted by molar-refractivity contribution is 5.99. The van der Waals surface area contributed by atoms with Crippen molar-refractivity contribution in [2.45, 2.75) is 32.9 Å². The van der Waals surface area contributed by atoms with E-state index < -0.39 is 6.10 Å². The lowest BCUT2D eigenvalue weighted by molar-refractivity contribution is -0.127. The fraction of sp³-hybridized carbons (Fsp3) is 0.238. The van der Waals surface area contributed by atoms with Gasteiger partial charge in [-0.3, -0.25) is 4.79 Å². The van der Waals surface area contributed by atoms with Gasteiger partial charge < -0.3 is 9.30 Å². The van der Waals surface area contributed by atoms with Crippen LogP contribution in [0.4, 0.5) is 0 Å². The van der Waals surface area contributed by atoms with E-state index in [1.807, 2.05) is 42.5 Å². The van der Waals surface area contributed by atoms with Gasteiger partial charge in [-0.05, 0) is 39.0 Å². The van der Waals surface area contributed by atoms with Crippen molar-refractivity contribution in [3.63, 3.8) is 0 Å². The molecule has 1 amide bonds. The molecule has 0 unspecified atom stereocenters. The van der Waals surface area contributed by atoms with Crippen molar-refractivity contribution in [1.82, 2.24) is 9.99 Å². The van der Waals surface area contributed by atoms with E-state index in [-0.39, 0.29) is 5.91 Å². The summed E-state index contributed by atoms with van der Waals surface area (Å²) in [5.41, 5.74) is 4.66. The molecule has 0 saturated heterocycles. The standard InChI is InChI=1S/C21H23N3O2/c1-15(2)24-14-17(19-11-7-8-12-20(19)24)13-22-23-21(25)16(3)26-18-9-5-4-6-10-18/h4-16H,1-3H3,(H,23,25)/b22-13-/t16-/m1/s1. The molecular formula is C21H23N3O2. The number of aromatic nitrogens is 1. The lowest BCUT2D eigenvalue weighted by Crippen LogP contribution is -2.33. The van der Waals surface area contributed by atoms with Crippen molar-refractivity contribution in [1.29, 1.82) is 0 Å². The smallest absolute Gasteiger partial charge is 0.280 e. The van der Waals surface area contributed by atoms with E-state index in [9.17, 15) is 4.79 Å². The summed E-state index contributed by atoms with van der Waals surface area (Å²) < 4.78 is 7.79. The first-order valence-corrected chi connectivity index (χ1v) is 8.70. The zero-order chi connectivity index (χ0) is 18.5. The first kappa shape index (κ1) is 17.7. The number of rotatable bonds is 6. The molecule has 26 heavy (non-hydrogen) atoms. The second kappa shape index (κ2) is 7.87. The number of hydrogen-bond donors (Lipinski definition) is 1. The summed E-state index contributed by atoms with van der Waals surface area (Å²) in [5.74, 6) is 0.358. The van der Waals surface area contributed by atoms with Gasteiger partial charge in [0.05, 0.1) is 6.21 Å². The molecule has 0 spiro atoms. The molecule has 0 saturated carbocycles. The zero-order valence-electron chi connectivity index (χ0n) is 15.2. The number of carbonyl (C=O) groups excluding carboxylic acids is 1. The van der Waals surface area contributed by atoms with Gasteiger partial charge in [0.15, 0.2) is 6.10 Å². The van der Waals surface area contributed by atoms with Crippen LogP contribution in [0.5, 0.6) is 5.75 Å². The van der Waals surface area contributed by atoms with Gasteiger partial charge in [0.1, 0.15) is 5.75 Å². The average molecular weight is 349 g/mol. The molecule has 0 radical (unpaired) electrons. The van der Waals surface area contributed by atoms with Crippen LogP contribution < -0.4 is 10.2 Å². The summed E-state index contributed by atoms with van der Waals surface area (Å²) in [5, 5.41) is 5.21. The molecule has 1 heterocycles. The van der Waals surface area contributed by atoms with Crippen molar-refractivity contribution in [2.24, 2.45) is 5.10 Å². The zero-order valence-corrected chi connectivity index (χ0v) is 15.2. The van der Waals surface area contributed by atoms with Crippen LogP contribution in [0.25, 0.3) is 10.9 Å². The van der Waals surface area contributed by atoms with Crippen LogP contribution in [0.1, 0.15) is 32.4 Å². The van der Waals surface area contributed by atoms with Crippen molar-refractivity contribution in [3.8, 4) is 5.75 Å². The Morgan fingerprint density at radius 3 is 2.50 bits per heavy atom. The third kappa shape index (κ3) is 3.94. The number of fused-ring (bicyclic) bond motifs is 1. The predicted molar refractivity (Wildman–Crippen MR) is 105 cm³/mol. The number of ether oxygens (including phenoxy) is 1. The maximum absolute atomic E-state index is 12.2. The monoisotopic (exact) mass is 349 g/mol. The summed E-state index contributed by atoms with van der Waals surface area (Å²) in [7, 11) is 0. The molecule has 1 atom stereocenters. The van der Waals surface area contributed by atoms with Crippen molar-refractivity contribution < 1.29 is 9.53 Å². The normalized spacial score (nSPS) is 12.6. The fourth-order valence-corrected chi connectivity index (χ4v) is 2.77. The summed E-state index contributed by atoms with van der Waals surface area (Å²) in [6, 6.07) is 17.8. The Morgan fingerprint density at radius 2 is 1.77 bits per heavy atom. The van der Waals surface area contributed by atoms with Gasteiger partial charge in [0.2, 0.25) is 0 Å². The Balaban J connectivity index is 1.69. The van der Waals surface area contributed by atoms with Crippen LogP contribution in [0.2, 0.25) is 0 Å². The number of para-hydroxylation sites is 2. The van der Waals surface area contributed by atoms with Crippen LogP contribution in [-0.4, -0.2) is 22.8 Å². The van der Waals surface area contributed by atoms with Gasteiger partial charge in [-0.2, -0.15) is 5.10 Å². The number of nitrogens with zero attached hydrogens (tertiary/aromatic N) is 2. The molecule has 134 valence electrons. The molecule has 3 rings (SSSR count). The van der Waals surface area contributed by atoms with Gasteiger partial charge in [-0.1, -0.05) is 36.4 Å². The minimum Gasteiger partial charge on any atom is -0.481 e. The molecule has 1 N–H and O–H groups in total. The van der Waals surface area contributed by atoms with Crippen LogP contribution in [0, 0.1) is 0 Å². The molecule has 0 aliphatic rings. The van der Waals surface area contributed by atoms with E-state index in [1.54, 1.807) is 13.1 Å². The van der Waals surface area contributed by atoms with E-state index >= 15 is 0 Å². The van der Waals surface area contributed by atoms with Gasteiger partial charge in [0, 0.05) is 28.7 Å². The molecule has 3 aromatic rings. The number of carbonyl (C=O) groups is 1. The lowest BCUT2D eigenvalue weighted by Gasteiger charge is -2.12. The second-order valence-electron chi connectivity index (χ2n) is 6.41. The quantitative estimate of drug-likeness (QED) is 0.537. The highest BCUT2D eigenvalue weighted by Gasteiger charge is 2.14. The number of hydrazone groups is 1. The minimum atomic E-state index is -0.633. The van der Waals surface area contributed by atoms with E-state index in [0.717, 1.165) is 16.5 Å². The maximum Gasteiger partial charge on any atom is 0.280 e. The third-order valence-corrected chi connectivity index (χ3v) is 4.13. The van der Waals surface area contributed by atoms with Gasteiger partial charge in [-0.25, -0.2) is 5.43 Å². The average Bonchev–Trinajstić information content (AvgIpc) is 3.02. The minimum absolute atomic E-state index is 0.294. The molecule has 2 aromatic carbocycles. The Kier molecular flexibility index (Phi) is 5.37. The highest BCUT2D eigenvalue weighted by atomic mass is 16.5. The topological polar surface area (TPSA) is 55.6 Å². The maximum atomic E-state index is 12.2. The number of benzene rings is 2. The predicted octanol–water partition coefficient (Wildman–Crippen LogP) is 4.14. The molecule has 0 aliphatic carbocycles. The van der Waals surface area contributed by atoms with Crippen LogP contribution in [0.15, 0.2) is 65.9 Å². The largest absolute Gasteiger partial charge is 0.481 e. The first-order chi connectivity index (χ1) is 12.6. The Hall–Kier alpha value is -3.08. The van der Waals surface area contributed by atoms with Crippen molar-refractivity contribution in [2.75, 3.05) is 0 Å². The second-order valence-corrected chi connectivity index (χ2v) is 6.41. The summed E-state index contributed by atoms with van der Waals surface area (Å²) in [4.78, 5) is 12.2. The molecular weight excluding hydrogens is 326 g/mol. The Labute approximate surface area is 153 Å². The number of hydrogen-bond acceptors (Lipinski definition) is 3. The van der Waals surface area contributed by atoms with E-state index in [1.165, 1.54) is 0 Å². The van der Waals surface area contributed by atoms with E-state index in [4.69, 9.17) is 4.74 Å². The Bertz CT molecular complexity index is 913. The van der Waals surface area contributed by atoms with Gasteiger partial charge in [0.25, 0.3) is 5.91 Å². The third-order valence-electron chi connectivity index (χ3n) is 4.13.